The number of carboxylic acid groups (broad SMARTS) is 1. The molecule has 1 saturated carbocycles. The van der Waals surface area contributed by atoms with Gasteiger partial charge < -0.3 is 20.8 Å². The van der Waals surface area contributed by atoms with Crippen molar-refractivity contribution in [2.45, 2.75) is 92.5 Å². The van der Waals surface area contributed by atoms with Gasteiger partial charge in [0.1, 0.15) is 0 Å². The molecule has 0 aromatic heterocycles. The molecule has 1 aliphatic rings. The van der Waals surface area contributed by atoms with Gasteiger partial charge in [0.15, 0.2) is 5.78 Å². The first-order valence-electron chi connectivity index (χ1n) is 15.6. The molecule has 2 unspecified atom stereocenters. The second-order valence-electron chi connectivity index (χ2n) is 13.5. The van der Waals surface area contributed by atoms with E-state index in [1.165, 1.54) is 0 Å². The number of nitrogens with one attached hydrogen (secondary N) is 1. The molecule has 4 atom stereocenters. The predicted molar refractivity (Wildman–Crippen MR) is 173 cm³/mol. The molecular formula is C34H59N3O6. The van der Waals surface area contributed by atoms with Gasteiger partial charge >= 0.3 is 5.97 Å². The summed E-state index contributed by atoms with van der Waals surface area (Å²) in [5.74, 6) is -1.64. The first-order chi connectivity index (χ1) is 19.5. The first-order valence-corrected chi connectivity index (χ1v) is 15.6. The topological polar surface area (TPSA) is 139 Å². The van der Waals surface area contributed by atoms with Gasteiger partial charge in [-0.2, -0.15) is 0 Å². The number of likely N-dealkylation sites (N-methyl/N-ethyl adjacent to an activating group) is 2. The minimum absolute atomic E-state index is 0. The van der Waals surface area contributed by atoms with Crippen molar-refractivity contribution in [3.63, 3.8) is 0 Å². The Morgan fingerprint density at radius 1 is 0.977 bits per heavy atom. The van der Waals surface area contributed by atoms with Crippen molar-refractivity contribution in [3.05, 3.63) is 35.9 Å². The van der Waals surface area contributed by atoms with Crippen LogP contribution < -0.4 is 5.32 Å². The van der Waals surface area contributed by atoms with E-state index in [4.69, 9.17) is 0 Å². The average molecular weight is 606 g/mol. The van der Waals surface area contributed by atoms with Gasteiger partial charge in [0, 0.05) is 36.9 Å². The Morgan fingerprint density at radius 2 is 1.51 bits per heavy atom. The molecule has 0 saturated heterocycles. The summed E-state index contributed by atoms with van der Waals surface area (Å²) >= 11 is 0. The van der Waals surface area contributed by atoms with Crippen LogP contribution in [0.1, 0.15) is 86.6 Å². The predicted octanol–water partition coefficient (Wildman–Crippen LogP) is 4.43. The van der Waals surface area contributed by atoms with E-state index in [1.807, 2.05) is 63.1 Å². The molecule has 0 bridgehead atoms. The number of amides is 2. The molecular weight excluding hydrogens is 546 g/mol. The van der Waals surface area contributed by atoms with Crippen molar-refractivity contribution in [2.75, 3.05) is 33.7 Å². The van der Waals surface area contributed by atoms with Crippen LogP contribution in [-0.4, -0.2) is 83.7 Å². The van der Waals surface area contributed by atoms with Crippen molar-refractivity contribution >= 4 is 23.6 Å². The standard InChI is InChI=1S/C30H47N3O5.C4H10.H2O/c1-8-24(30(4,5)21-13-10-9-11-14-21)28(36)31-17-27(35)33(7)25(20(2)3)18-32(6)19-26(34)22-15-12-16-23(22)29(37)38;1-4(2)3;/h9-11,13-14,20,22-25H,8,12,15-19H2,1-7H3,(H,31,36)(H,37,38);4H,1-3H3;1H2/t22?,23?,24-,25-;;/m1../s1. The highest BCUT2D eigenvalue weighted by atomic mass is 16.4. The molecule has 0 aliphatic heterocycles. The third-order valence-corrected chi connectivity index (χ3v) is 8.36. The zero-order chi connectivity index (χ0) is 32.2. The van der Waals surface area contributed by atoms with E-state index in [-0.39, 0.29) is 59.5 Å². The molecule has 0 spiro atoms. The van der Waals surface area contributed by atoms with Crippen molar-refractivity contribution < 1.29 is 29.8 Å². The molecule has 246 valence electrons. The SMILES string of the molecule is CC(C)C.CC[C@H](C(=O)NCC(=O)N(C)[C@H](CN(C)CC(=O)C1CCCC1C(=O)O)C(C)C)C(C)(C)c1ccccc1.O. The highest BCUT2D eigenvalue weighted by molar-refractivity contribution is 5.88. The average Bonchev–Trinajstić information content (AvgIpc) is 3.41. The van der Waals surface area contributed by atoms with E-state index < -0.39 is 17.8 Å². The maximum absolute atomic E-state index is 13.2. The van der Waals surface area contributed by atoms with E-state index in [9.17, 15) is 24.3 Å². The number of hydrogen-bond acceptors (Lipinski definition) is 5. The molecule has 9 nitrogen and oxygen atoms in total. The van der Waals surface area contributed by atoms with E-state index in [0.29, 0.717) is 25.8 Å². The Hall–Kier alpha value is -2.78. The maximum Gasteiger partial charge on any atom is 0.307 e. The number of aliphatic carboxylic acids is 1. The number of ketones is 1. The van der Waals surface area contributed by atoms with Crippen LogP contribution in [0.25, 0.3) is 0 Å². The molecule has 1 aromatic carbocycles. The van der Waals surface area contributed by atoms with Gasteiger partial charge in [0.25, 0.3) is 0 Å². The zero-order valence-electron chi connectivity index (χ0n) is 28.3. The number of carbonyl (C=O) groups excluding carboxylic acids is 3. The Morgan fingerprint density at radius 3 is 2.00 bits per heavy atom. The fourth-order valence-electron chi connectivity index (χ4n) is 5.88. The number of nitrogens with zero attached hydrogens (tertiary/aromatic N) is 2. The molecule has 4 N–H and O–H groups in total. The van der Waals surface area contributed by atoms with Gasteiger partial charge in [-0.3, -0.25) is 24.1 Å². The molecule has 0 heterocycles. The summed E-state index contributed by atoms with van der Waals surface area (Å²) in [4.78, 5) is 54.1. The van der Waals surface area contributed by atoms with Gasteiger partial charge in [0.05, 0.1) is 19.0 Å². The fourth-order valence-corrected chi connectivity index (χ4v) is 5.88. The van der Waals surface area contributed by atoms with Crippen LogP contribution in [0.5, 0.6) is 0 Å². The summed E-state index contributed by atoms with van der Waals surface area (Å²) in [6.45, 7) is 17.2. The lowest BCUT2D eigenvalue weighted by Gasteiger charge is -2.35. The summed E-state index contributed by atoms with van der Waals surface area (Å²) < 4.78 is 0. The summed E-state index contributed by atoms with van der Waals surface area (Å²) in [7, 11) is 3.56. The third-order valence-electron chi connectivity index (χ3n) is 8.36. The Bertz CT molecular complexity index is 1010. The van der Waals surface area contributed by atoms with Gasteiger partial charge in [-0.05, 0) is 43.7 Å². The van der Waals surface area contributed by atoms with Gasteiger partial charge in [0.2, 0.25) is 11.8 Å². The fraction of sp³-hybridized carbons (Fsp3) is 0.706. The van der Waals surface area contributed by atoms with Crippen LogP contribution >= 0.6 is 0 Å². The van der Waals surface area contributed by atoms with E-state index in [0.717, 1.165) is 17.9 Å². The number of carboxylic acids is 1. The molecule has 1 aliphatic carbocycles. The largest absolute Gasteiger partial charge is 0.481 e. The monoisotopic (exact) mass is 605 g/mol. The third kappa shape index (κ3) is 12.4. The number of Topliss-reactive ketones (excluding diaryl/α,β-unsaturated/α-hetero) is 1. The maximum atomic E-state index is 13.2. The van der Waals surface area contributed by atoms with Crippen LogP contribution in [-0.2, 0) is 24.6 Å². The molecule has 2 amide bonds. The summed E-state index contributed by atoms with van der Waals surface area (Å²) in [6, 6.07) is 9.77. The van der Waals surface area contributed by atoms with Crippen LogP contribution in [0.2, 0.25) is 0 Å². The number of benzene rings is 1. The first kappa shape index (κ1) is 40.2. The molecule has 43 heavy (non-hydrogen) atoms. The second kappa shape index (κ2) is 18.8. The number of hydrogen-bond donors (Lipinski definition) is 2. The van der Waals surface area contributed by atoms with Crippen molar-refractivity contribution in [3.8, 4) is 0 Å². The molecule has 0 radical (unpaired) electrons. The van der Waals surface area contributed by atoms with Gasteiger partial charge in [-0.1, -0.05) is 92.1 Å². The van der Waals surface area contributed by atoms with Crippen LogP contribution in [0, 0.1) is 29.6 Å². The number of rotatable bonds is 14. The molecule has 1 fully saturated rings. The smallest absolute Gasteiger partial charge is 0.307 e. The number of carbonyl (C=O) groups is 4. The Labute approximate surface area is 260 Å². The molecule has 9 heteroatoms. The summed E-state index contributed by atoms with van der Waals surface area (Å²) in [6.07, 6.45) is 2.58. The van der Waals surface area contributed by atoms with Crippen molar-refractivity contribution in [1.82, 2.24) is 15.1 Å². The summed E-state index contributed by atoms with van der Waals surface area (Å²) in [5, 5.41) is 12.3. The van der Waals surface area contributed by atoms with E-state index in [2.05, 4.69) is 39.9 Å². The minimum atomic E-state index is -0.895. The van der Waals surface area contributed by atoms with Gasteiger partial charge in [-0.15, -0.1) is 0 Å². The summed E-state index contributed by atoms with van der Waals surface area (Å²) in [5.41, 5.74) is 0.694. The van der Waals surface area contributed by atoms with Gasteiger partial charge in [-0.25, -0.2) is 0 Å². The van der Waals surface area contributed by atoms with Crippen LogP contribution in [0.3, 0.4) is 0 Å². The van der Waals surface area contributed by atoms with Crippen molar-refractivity contribution in [2.24, 2.45) is 29.6 Å². The second-order valence-corrected chi connectivity index (χ2v) is 13.5. The molecule has 1 aromatic rings. The van der Waals surface area contributed by atoms with Crippen LogP contribution in [0.15, 0.2) is 30.3 Å². The lowest BCUT2D eigenvalue weighted by Crippen LogP contribution is -2.51. The van der Waals surface area contributed by atoms with Crippen LogP contribution in [0.4, 0.5) is 0 Å². The minimum Gasteiger partial charge on any atom is -0.481 e. The lowest BCUT2D eigenvalue weighted by atomic mass is 9.71. The highest BCUT2D eigenvalue weighted by Crippen LogP contribution is 2.34. The molecule has 2 rings (SSSR count). The Balaban J connectivity index is 0.00000331. The zero-order valence-corrected chi connectivity index (χ0v) is 28.3. The quantitative estimate of drug-likeness (QED) is 0.322. The highest BCUT2D eigenvalue weighted by Gasteiger charge is 2.38. The van der Waals surface area contributed by atoms with Crippen molar-refractivity contribution in [1.29, 1.82) is 0 Å². The van der Waals surface area contributed by atoms with E-state index in [1.54, 1.807) is 11.9 Å². The van der Waals surface area contributed by atoms with E-state index >= 15 is 0 Å². The Kier molecular flexibility index (Phi) is 17.6. The lowest BCUT2D eigenvalue weighted by molar-refractivity contribution is -0.146. The normalized spacial score (nSPS) is 17.9.